The van der Waals surface area contributed by atoms with Crippen LogP contribution in [0.1, 0.15) is 23.6 Å². The monoisotopic (exact) mass is 334 g/mol. The molecule has 1 aliphatic rings. The number of nitrogens with two attached hydrogens (primary N) is 1. The van der Waals surface area contributed by atoms with Gasteiger partial charge in [0, 0.05) is 29.2 Å². The molecule has 0 fully saturated rings. The number of hydrogen-bond acceptors (Lipinski definition) is 3. The lowest BCUT2D eigenvalue weighted by Crippen LogP contribution is -2.30. The minimum atomic E-state index is -0.563. The second-order valence-corrected chi connectivity index (χ2v) is 6.97. The van der Waals surface area contributed by atoms with E-state index in [0.29, 0.717) is 17.8 Å². The number of hydrogen-bond donors (Lipinski definition) is 1. The highest BCUT2D eigenvalue weighted by Gasteiger charge is 2.19. The van der Waals surface area contributed by atoms with Gasteiger partial charge in [-0.25, -0.2) is 8.78 Å². The van der Waals surface area contributed by atoms with Crippen molar-refractivity contribution in [3.8, 4) is 0 Å². The molecule has 0 radical (unpaired) electrons. The molecule has 0 amide bonds. The summed E-state index contributed by atoms with van der Waals surface area (Å²) in [6, 6.07) is 8.82. The molecule has 3 rings (SSSR count). The smallest absolute Gasteiger partial charge is 0.123 e. The number of benzene rings is 2. The van der Waals surface area contributed by atoms with Gasteiger partial charge in [-0.2, -0.15) is 0 Å². The van der Waals surface area contributed by atoms with Crippen molar-refractivity contribution in [3.63, 3.8) is 0 Å². The molecular weight excluding hydrogens is 314 g/mol. The Hall–Kier alpha value is -1.75. The number of alkyl halides is 1. The molecule has 0 aromatic heterocycles. The van der Waals surface area contributed by atoms with E-state index >= 15 is 0 Å². The van der Waals surface area contributed by atoms with Crippen LogP contribution < -0.4 is 10.6 Å². The number of fused-ring (bicyclic) bond motifs is 1. The molecular formula is C18H20F2N2S. The summed E-state index contributed by atoms with van der Waals surface area (Å²) in [5.74, 6) is 0.702. The fourth-order valence-corrected chi connectivity index (χ4v) is 3.78. The Morgan fingerprint density at radius 3 is 2.78 bits per heavy atom. The van der Waals surface area contributed by atoms with Gasteiger partial charge in [0.1, 0.15) is 12.5 Å². The van der Waals surface area contributed by atoms with Crippen molar-refractivity contribution in [1.82, 2.24) is 0 Å². The molecule has 2 aromatic carbocycles. The lowest BCUT2D eigenvalue weighted by Gasteiger charge is -2.31. The normalized spacial score (nSPS) is 14.0. The first-order valence-corrected chi connectivity index (χ1v) is 8.74. The molecule has 1 heterocycles. The summed E-state index contributed by atoms with van der Waals surface area (Å²) in [5, 5.41) is 0. The van der Waals surface area contributed by atoms with E-state index in [0.717, 1.165) is 40.4 Å². The van der Waals surface area contributed by atoms with E-state index < -0.39 is 6.67 Å². The van der Waals surface area contributed by atoms with Gasteiger partial charge in [0.2, 0.25) is 0 Å². The van der Waals surface area contributed by atoms with E-state index in [1.165, 1.54) is 6.07 Å². The van der Waals surface area contributed by atoms with Crippen LogP contribution in [-0.4, -0.2) is 12.3 Å². The van der Waals surface area contributed by atoms with Crippen molar-refractivity contribution < 1.29 is 8.78 Å². The molecule has 23 heavy (non-hydrogen) atoms. The third kappa shape index (κ3) is 3.29. The van der Waals surface area contributed by atoms with E-state index in [1.54, 1.807) is 17.8 Å². The second-order valence-electron chi connectivity index (χ2n) is 5.67. The predicted molar refractivity (Wildman–Crippen MR) is 93.2 cm³/mol. The molecule has 0 bridgehead atoms. The van der Waals surface area contributed by atoms with E-state index in [1.807, 2.05) is 18.2 Å². The summed E-state index contributed by atoms with van der Waals surface area (Å²) in [5.41, 5.74) is 10.3. The maximum atomic E-state index is 13.3. The molecule has 122 valence electrons. The van der Waals surface area contributed by atoms with Crippen LogP contribution in [0.2, 0.25) is 0 Å². The first kappa shape index (κ1) is 16.1. The van der Waals surface area contributed by atoms with Crippen LogP contribution in [0.4, 0.5) is 20.2 Å². The quantitative estimate of drug-likeness (QED) is 0.657. The molecule has 0 spiro atoms. The highest BCUT2D eigenvalue weighted by atomic mass is 32.2. The van der Waals surface area contributed by atoms with Crippen LogP contribution in [0.15, 0.2) is 35.2 Å². The van der Waals surface area contributed by atoms with Crippen molar-refractivity contribution in [2.45, 2.75) is 31.5 Å². The van der Waals surface area contributed by atoms with Crippen molar-refractivity contribution in [1.29, 1.82) is 0 Å². The van der Waals surface area contributed by atoms with Crippen LogP contribution in [0, 0.1) is 5.82 Å². The molecule has 0 aliphatic carbocycles. The highest BCUT2D eigenvalue weighted by Crippen LogP contribution is 2.35. The minimum absolute atomic E-state index is 0.189. The molecule has 5 heteroatoms. The molecule has 2 nitrogen and oxygen atoms in total. The van der Waals surface area contributed by atoms with Crippen LogP contribution in [0.25, 0.3) is 0 Å². The number of rotatable bonds is 4. The number of nitrogen functional groups attached to an aromatic ring is 1. The zero-order valence-corrected chi connectivity index (χ0v) is 13.9. The van der Waals surface area contributed by atoms with Crippen molar-refractivity contribution in [2.75, 3.05) is 22.9 Å². The van der Waals surface area contributed by atoms with Crippen molar-refractivity contribution >= 4 is 23.1 Å². The zero-order valence-electron chi connectivity index (χ0n) is 13.1. The van der Waals surface area contributed by atoms with Gasteiger partial charge in [0.05, 0.1) is 5.69 Å². The summed E-state index contributed by atoms with van der Waals surface area (Å²) in [4.78, 5) is 3.14. The average molecular weight is 334 g/mol. The van der Waals surface area contributed by atoms with Gasteiger partial charge in [-0.3, -0.25) is 0 Å². The van der Waals surface area contributed by atoms with Crippen LogP contribution in [0.5, 0.6) is 0 Å². The largest absolute Gasteiger partial charge is 0.398 e. The van der Waals surface area contributed by atoms with Crippen LogP contribution in [-0.2, 0) is 19.6 Å². The van der Waals surface area contributed by atoms with Gasteiger partial charge in [-0.15, -0.1) is 11.8 Å². The number of thioether (sulfide) groups is 1. The standard InChI is InChI=1S/C18H20F2N2S/c1-2-23-17-9-16(8-14(10-19)18(17)21)22-6-5-12-7-15(20)4-3-13(12)11-22/h3-4,7-9H,2,5-6,10-11,21H2,1H3. The van der Waals surface area contributed by atoms with Crippen LogP contribution >= 0.6 is 11.8 Å². The maximum absolute atomic E-state index is 13.3. The minimum Gasteiger partial charge on any atom is -0.398 e. The Morgan fingerprint density at radius 2 is 2.04 bits per heavy atom. The topological polar surface area (TPSA) is 29.3 Å². The van der Waals surface area contributed by atoms with E-state index in [4.69, 9.17) is 5.73 Å². The third-order valence-corrected chi connectivity index (χ3v) is 5.14. The average Bonchev–Trinajstić information content (AvgIpc) is 2.56. The summed E-state index contributed by atoms with van der Waals surface area (Å²) < 4.78 is 26.6. The lowest BCUT2D eigenvalue weighted by molar-refractivity contribution is 0.486. The van der Waals surface area contributed by atoms with Gasteiger partial charge in [-0.05, 0) is 47.6 Å². The third-order valence-electron chi connectivity index (χ3n) is 4.20. The molecule has 0 unspecified atom stereocenters. The number of anilines is 2. The fourth-order valence-electron chi connectivity index (χ4n) is 2.98. The van der Waals surface area contributed by atoms with Crippen molar-refractivity contribution in [2.24, 2.45) is 0 Å². The Bertz CT molecular complexity index is 718. The number of nitrogens with zero attached hydrogens (tertiary/aromatic N) is 1. The van der Waals surface area contributed by atoms with Gasteiger partial charge < -0.3 is 10.6 Å². The molecule has 0 saturated carbocycles. The SMILES string of the molecule is CCSc1cc(N2CCc3cc(F)ccc3C2)cc(CF)c1N. The molecule has 0 saturated heterocycles. The Kier molecular flexibility index (Phi) is 4.76. The van der Waals surface area contributed by atoms with Gasteiger partial charge in [0.25, 0.3) is 0 Å². The molecule has 2 aromatic rings. The van der Waals surface area contributed by atoms with Crippen molar-refractivity contribution in [3.05, 3.63) is 52.8 Å². The summed E-state index contributed by atoms with van der Waals surface area (Å²) in [6.45, 7) is 2.99. The highest BCUT2D eigenvalue weighted by molar-refractivity contribution is 7.99. The Balaban J connectivity index is 1.93. The van der Waals surface area contributed by atoms with Crippen LogP contribution in [0.3, 0.4) is 0 Å². The number of halogens is 2. The Labute approximate surface area is 139 Å². The first-order valence-electron chi connectivity index (χ1n) is 7.75. The Morgan fingerprint density at radius 1 is 1.22 bits per heavy atom. The molecule has 0 atom stereocenters. The van der Waals surface area contributed by atoms with Gasteiger partial charge >= 0.3 is 0 Å². The molecule has 2 N–H and O–H groups in total. The van der Waals surface area contributed by atoms with Gasteiger partial charge in [0.15, 0.2) is 0 Å². The zero-order chi connectivity index (χ0) is 16.4. The van der Waals surface area contributed by atoms with Gasteiger partial charge in [-0.1, -0.05) is 13.0 Å². The summed E-state index contributed by atoms with van der Waals surface area (Å²) in [6.07, 6.45) is 0.790. The predicted octanol–water partition coefficient (Wildman–Crippen LogP) is 4.55. The maximum Gasteiger partial charge on any atom is 0.123 e. The van der Waals surface area contributed by atoms with E-state index in [2.05, 4.69) is 11.8 Å². The molecule has 1 aliphatic heterocycles. The lowest BCUT2D eigenvalue weighted by atomic mass is 9.99. The summed E-state index contributed by atoms with van der Waals surface area (Å²) >= 11 is 1.63. The van der Waals surface area contributed by atoms with E-state index in [9.17, 15) is 8.78 Å². The second kappa shape index (κ2) is 6.79. The fraction of sp³-hybridized carbons (Fsp3) is 0.333. The van der Waals surface area contributed by atoms with E-state index in [-0.39, 0.29) is 5.82 Å². The first-order chi connectivity index (χ1) is 11.1. The summed E-state index contributed by atoms with van der Waals surface area (Å²) in [7, 11) is 0.